The van der Waals surface area contributed by atoms with Crippen molar-refractivity contribution in [2.75, 3.05) is 19.7 Å². The van der Waals surface area contributed by atoms with Crippen LogP contribution in [0, 0.1) is 0 Å². The lowest BCUT2D eigenvalue weighted by atomic mass is 10.1. The zero-order valence-electron chi connectivity index (χ0n) is 8.92. The monoisotopic (exact) mass is 350 g/mol. The van der Waals surface area contributed by atoms with Crippen molar-refractivity contribution in [1.82, 2.24) is 5.32 Å². The van der Waals surface area contributed by atoms with Gasteiger partial charge in [0.25, 0.3) is 0 Å². The van der Waals surface area contributed by atoms with Crippen LogP contribution in [0.25, 0.3) is 0 Å². The molecular weight excluding hydrogens is 336 g/mol. The average molecular weight is 352 g/mol. The molecule has 0 saturated carbocycles. The third-order valence-corrected chi connectivity index (χ3v) is 4.19. The molecule has 1 aromatic carbocycles. The summed E-state index contributed by atoms with van der Waals surface area (Å²) in [5, 5.41) is 12.0. The van der Waals surface area contributed by atoms with E-state index in [4.69, 9.17) is 10.8 Å². The predicted molar refractivity (Wildman–Crippen MR) is 73.3 cm³/mol. The van der Waals surface area contributed by atoms with E-state index in [0.29, 0.717) is 6.54 Å². The van der Waals surface area contributed by atoms with E-state index in [9.17, 15) is 0 Å². The van der Waals surface area contributed by atoms with Gasteiger partial charge in [0.05, 0.1) is 0 Å². The molecule has 1 aromatic rings. The number of hydrogen-bond acceptors (Lipinski definition) is 3. The van der Waals surface area contributed by atoms with Gasteiger partial charge in [-0.05, 0) is 62.5 Å². The normalized spacial score (nSPS) is 12.8. The van der Waals surface area contributed by atoms with E-state index in [1.165, 1.54) is 0 Å². The Morgan fingerprint density at radius 1 is 1.31 bits per heavy atom. The quantitative estimate of drug-likeness (QED) is 0.688. The first-order valence-electron chi connectivity index (χ1n) is 5.18. The summed E-state index contributed by atoms with van der Waals surface area (Å²) in [7, 11) is 0. The number of benzene rings is 1. The summed E-state index contributed by atoms with van der Waals surface area (Å²) in [6, 6.07) is 6.22. The zero-order valence-corrected chi connectivity index (χ0v) is 12.1. The number of hydrogen-bond donors (Lipinski definition) is 3. The van der Waals surface area contributed by atoms with Crippen LogP contribution in [0.15, 0.2) is 27.1 Å². The van der Waals surface area contributed by atoms with Crippen LogP contribution < -0.4 is 11.1 Å². The van der Waals surface area contributed by atoms with Crippen molar-refractivity contribution in [3.05, 3.63) is 32.7 Å². The largest absolute Gasteiger partial charge is 0.396 e. The molecule has 5 heteroatoms. The lowest BCUT2D eigenvalue weighted by Crippen LogP contribution is -2.29. The number of nitrogens with one attached hydrogen (secondary N) is 1. The summed E-state index contributed by atoms with van der Waals surface area (Å²) in [6.45, 7) is 1.51. The highest BCUT2D eigenvalue weighted by Gasteiger charge is 2.09. The van der Waals surface area contributed by atoms with Crippen LogP contribution in [0.1, 0.15) is 18.0 Å². The third-order valence-electron chi connectivity index (χ3n) is 2.31. The summed E-state index contributed by atoms with van der Waals surface area (Å²) in [4.78, 5) is 0. The topological polar surface area (TPSA) is 58.3 Å². The molecule has 0 aliphatic rings. The standard InChI is InChI=1S/C11H16Br2N2O/c12-9-3-2-8(6-10(9)13)11(7-14)15-4-1-5-16/h2-3,6,11,15-16H,1,4-5,7,14H2. The minimum absolute atomic E-state index is 0.135. The molecule has 16 heavy (non-hydrogen) atoms. The SMILES string of the molecule is NCC(NCCCO)c1ccc(Br)c(Br)c1. The van der Waals surface area contributed by atoms with Crippen molar-refractivity contribution in [1.29, 1.82) is 0 Å². The number of nitrogens with two attached hydrogens (primary N) is 1. The second-order valence-corrected chi connectivity index (χ2v) is 5.20. The van der Waals surface area contributed by atoms with Gasteiger partial charge in [-0.25, -0.2) is 0 Å². The Labute approximate surface area is 113 Å². The van der Waals surface area contributed by atoms with Gasteiger partial charge in [0.2, 0.25) is 0 Å². The molecule has 90 valence electrons. The Morgan fingerprint density at radius 2 is 2.06 bits per heavy atom. The van der Waals surface area contributed by atoms with Crippen molar-refractivity contribution in [3.8, 4) is 0 Å². The van der Waals surface area contributed by atoms with Gasteiger partial charge in [0.1, 0.15) is 0 Å². The van der Waals surface area contributed by atoms with E-state index in [1.807, 2.05) is 18.2 Å². The minimum Gasteiger partial charge on any atom is -0.396 e. The summed E-state index contributed by atoms with van der Waals surface area (Å²) < 4.78 is 2.05. The molecule has 0 heterocycles. The van der Waals surface area contributed by atoms with E-state index < -0.39 is 0 Å². The molecular formula is C11H16Br2N2O. The fourth-order valence-corrected chi connectivity index (χ4v) is 2.06. The van der Waals surface area contributed by atoms with Gasteiger partial charge in [-0.1, -0.05) is 6.07 Å². The first-order valence-corrected chi connectivity index (χ1v) is 6.77. The number of rotatable bonds is 6. The molecule has 4 N–H and O–H groups in total. The van der Waals surface area contributed by atoms with E-state index in [-0.39, 0.29) is 12.6 Å². The van der Waals surface area contributed by atoms with E-state index >= 15 is 0 Å². The second kappa shape index (κ2) is 7.40. The van der Waals surface area contributed by atoms with Crippen LogP contribution in [0.4, 0.5) is 0 Å². The molecule has 0 aliphatic carbocycles. The summed E-state index contributed by atoms with van der Waals surface area (Å²) in [5.74, 6) is 0. The van der Waals surface area contributed by atoms with Gasteiger partial charge in [-0.3, -0.25) is 0 Å². The highest BCUT2D eigenvalue weighted by atomic mass is 79.9. The molecule has 1 rings (SSSR count). The zero-order chi connectivity index (χ0) is 12.0. The van der Waals surface area contributed by atoms with Crippen LogP contribution in [0.2, 0.25) is 0 Å². The smallest absolute Gasteiger partial charge is 0.0444 e. The number of halogens is 2. The Bertz CT molecular complexity index is 334. The molecule has 3 nitrogen and oxygen atoms in total. The van der Waals surface area contributed by atoms with Crippen LogP contribution in [0.5, 0.6) is 0 Å². The summed E-state index contributed by atoms with van der Waals surface area (Å²) in [6.07, 6.45) is 0.744. The van der Waals surface area contributed by atoms with Crippen LogP contribution >= 0.6 is 31.9 Å². The fraction of sp³-hybridized carbons (Fsp3) is 0.455. The van der Waals surface area contributed by atoms with Crippen molar-refractivity contribution in [2.24, 2.45) is 5.73 Å². The Hall–Kier alpha value is 0.0600. The summed E-state index contributed by atoms with van der Waals surface area (Å²) >= 11 is 6.90. The summed E-state index contributed by atoms with van der Waals surface area (Å²) in [5.41, 5.74) is 6.87. The van der Waals surface area contributed by atoms with Crippen LogP contribution in [-0.4, -0.2) is 24.8 Å². The Morgan fingerprint density at radius 3 is 2.62 bits per heavy atom. The maximum Gasteiger partial charge on any atom is 0.0444 e. The molecule has 0 radical (unpaired) electrons. The van der Waals surface area contributed by atoms with Gasteiger partial charge in [0.15, 0.2) is 0 Å². The van der Waals surface area contributed by atoms with E-state index in [1.54, 1.807) is 0 Å². The first kappa shape index (κ1) is 14.1. The molecule has 0 spiro atoms. The van der Waals surface area contributed by atoms with Crippen molar-refractivity contribution >= 4 is 31.9 Å². The average Bonchev–Trinajstić information content (AvgIpc) is 2.29. The second-order valence-electron chi connectivity index (χ2n) is 3.49. The van der Waals surface area contributed by atoms with Gasteiger partial charge in [0, 0.05) is 28.1 Å². The molecule has 0 amide bonds. The van der Waals surface area contributed by atoms with E-state index in [2.05, 4.69) is 37.2 Å². The highest BCUT2D eigenvalue weighted by Crippen LogP contribution is 2.26. The maximum absolute atomic E-state index is 8.72. The molecule has 0 saturated heterocycles. The van der Waals surface area contributed by atoms with Crippen LogP contribution in [-0.2, 0) is 0 Å². The van der Waals surface area contributed by atoms with Crippen molar-refractivity contribution in [3.63, 3.8) is 0 Å². The highest BCUT2D eigenvalue weighted by molar-refractivity contribution is 9.13. The Balaban J connectivity index is 2.67. The lowest BCUT2D eigenvalue weighted by Gasteiger charge is -2.17. The maximum atomic E-state index is 8.72. The molecule has 0 bridgehead atoms. The molecule has 0 aliphatic heterocycles. The Kier molecular flexibility index (Phi) is 6.53. The molecule has 0 aromatic heterocycles. The van der Waals surface area contributed by atoms with Gasteiger partial charge in [-0.2, -0.15) is 0 Å². The lowest BCUT2D eigenvalue weighted by molar-refractivity contribution is 0.283. The fourth-order valence-electron chi connectivity index (χ4n) is 1.42. The van der Waals surface area contributed by atoms with E-state index in [0.717, 1.165) is 27.5 Å². The van der Waals surface area contributed by atoms with Crippen molar-refractivity contribution in [2.45, 2.75) is 12.5 Å². The molecule has 1 unspecified atom stereocenters. The van der Waals surface area contributed by atoms with Gasteiger partial charge < -0.3 is 16.2 Å². The van der Waals surface area contributed by atoms with Gasteiger partial charge in [-0.15, -0.1) is 0 Å². The molecule has 0 fully saturated rings. The van der Waals surface area contributed by atoms with Crippen LogP contribution in [0.3, 0.4) is 0 Å². The first-order chi connectivity index (χ1) is 7.69. The minimum atomic E-state index is 0.135. The number of aliphatic hydroxyl groups excluding tert-OH is 1. The number of aliphatic hydroxyl groups is 1. The molecule has 1 atom stereocenters. The predicted octanol–water partition coefficient (Wildman–Crippen LogP) is 2.18. The van der Waals surface area contributed by atoms with Gasteiger partial charge >= 0.3 is 0 Å². The van der Waals surface area contributed by atoms with Crippen molar-refractivity contribution < 1.29 is 5.11 Å². The third kappa shape index (κ3) is 4.14.